The van der Waals surface area contributed by atoms with E-state index in [1.807, 2.05) is 13.8 Å². The molecule has 1 aromatic rings. The minimum absolute atomic E-state index is 0.136. The van der Waals surface area contributed by atoms with Gasteiger partial charge in [-0.05, 0) is 26.2 Å². The summed E-state index contributed by atoms with van der Waals surface area (Å²) in [6, 6.07) is 0. The lowest BCUT2D eigenvalue weighted by atomic mass is 10.0. The Hall–Kier alpha value is -0.900. The van der Waals surface area contributed by atoms with Crippen LogP contribution in [0.25, 0.3) is 0 Å². The third-order valence-electron chi connectivity index (χ3n) is 3.76. The molecule has 1 aliphatic rings. The van der Waals surface area contributed by atoms with Crippen LogP contribution < -0.4 is 0 Å². The van der Waals surface area contributed by atoms with Gasteiger partial charge in [0.15, 0.2) is 0 Å². The lowest BCUT2D eigenvalue weighted by molar-refractivity contribution is -0.142. The molecule has 0 aromatic carbocycles. The number of aryl methyl sites for hydroxylation is 1. The predicted molar refractivity (Wildman–Crippen MR) is 73.1 cm³/mol. The standard InChI is InChI=1S/C14H21NO2S/c1-4-11(14(16)17-3)12-9(2)15-13(18-12)10-7-5-6-8-10/h10-11H,4-8H2,1-3H3. The van der Waals surface area contributed by atoms with Gasteiger partial charge in [0, 0.05) is 10.8 Å². The molecule has 0 bridgehead atoms. The highest BCUT2D eigenvalue weighted by atomic mass is 32.1. The summed E-state index contributed by atoms with van der Waals surface area (Å²) in [5.74, 6) is 0.350. The van der Waals surface area contributed by atoms with Crippen LogP contribution in [0.3, 0.4) is 0 Å². The molecular weight excluding hydrogens is 246 g/mol. The van der Waals surface area contributed by atoms with Gasteiger partial charge in [-0.1, -0.05) is 19.8 Å². The summed E-state index contributed by atoms with van der Waals surface area (Å²) >= 11 is 1.72. The minimum atomic E-state index is -0.137. The molecule has 1 fully saturated rings. The average molecular weight is 267 g/mol. The Morgan fingerprint density at radius 1 is 1.50 bits per heavy atom. The SMILES string of the molecule is CCC(C(=O)OC)c1sc(C2CCCC2)nc1C. The number of ether oxygens (including phenoxy) is 1. The van der Waals surface area contributed by atoms with Crippen LogP contribution in [0.2, 0.25) is 0 Å². The van der Waals surface area contributed by atoms with Gasteiger partial charge in [-0.3, -0.25) is 4.79 Å². The Kier molecular flexibility index (Phi) is 4.38. The van der Waals surface area contributed by atoms with Crippen LogP contribution in [0.4, 0.5) is 0 Å². The first-order chi connectivity index (χ1) is 8.67. The summed E-state index contributed by atoms with van der Waals surface area (Å²) in [5, 5.41) is 1.22. The van der Waals surface area contributed by atoms with Crippen molar-refractivity contribution >= 4 is 17.3 Å². The third-order valence-corrected chi connectivity index (χ3v) is 5.20. The summed E-state index contributed by atoms with van der Waals surface area (Å²) in [5.41, 5.74) is 1.01. The molecule has 18 heavy (non-hydrogen) atoms. The Balaban J connectivity index is 2.24. The van der Waals surface area contributed by atoms with Crippen molar-refractivity contribution in [1.29, 1.82) is 0 Å². The Morgan fingerprint density at radius 2 is 2.17 bits per heavy atom. The van der Waals surface area contributed by atoms with Gasteiger partial charge < -0.3 is 4.74 Å². The highest BCUT2D eigenvalue weighted by Crippen LogP contribution is 2.39. The number of thiazole rings is 1. The number of carbonyl (C=O) groups excluding carboxylic acids is 1. The maximum Gasteiger partial charge on any atom is 0.314 e. The van der Waals surface area contributed by atoms with E-state index in [2.05, 4.69) is 4.98 Å². The number of carbonyl (C=O) groups is 1. The lowest BCUT2D eigenvalue weighted by Gasteiger charge is -2.10. The zero-order chi connectivity index (χ0) is 13.1. The van der Waals surface area contributed by atoms with Crippen molar-refractivity contribution in [3.63, 3.8) is 0 Å². The molecule has 0 aliphatic heterocycles. The molecule has 0 saturated heterocycles. The second-order valence-corrected chi connectivity index (χ2v) is 6.03. The molecule has 1 atom stereocenters. The normalized spacial score (nSPS) is 17.9. The number of hydrogen-bond donors (Lipinski definition) is 0. The first-order valence-electron chi connectivity index (χ1n) is 6.72. The van der Waals surface area contributed by atoms with E-state index in [0.29, 0.717) is 5.92 Å². The van der Waals surface area contributed by atoms with Crippen LogP contribution in [0, 0.1) is 6.92 Å². The maximum absolute atomic E-state index is 11.8. The summed E-state index contributed by atoms with van der Waals surface area (Å²) < 4.78 is 4.89. The molecule has 0 N–H and O–H groups in total. The van der Waals surface area contributed by atoms with Gasteiger partial charge in [-0.25, -0.2) is 4.98 Å². The molecule has 1 saturated carbocycles. The highest BCUT2D eigenvalue weighted by molar-refractivity contribution is 7.12. The van der Waals surface area contributed by atoms with Crippen molar-refractivity contribution in [3.05, 3.63) is 15.6 Å². The van der Waals surface area contributed by atoms with E-state index < -0.39 is 0 Å². The smallest absolute Gasteiger partial charge is 0.314 e. The quantitative estimate of drug-likeness (QED) is 0.779. The Bertz CT molecular complexity index is 421. The van der Waals surface area contributed by atoms with Crippen LogP contribution in [0.5, 0.6) is 0 Å². The largest absolute Gasteiger partial charge is 0.469 e. The highest BCUT2D eigenvalue weighted by Gasteiger charge is 2.27. The van der Waals surface area contributed by atoms with E-state index in [9.17, 15) is 4.79 Å². The van der Waals surface area contributed by atoms with E-state index in [1.54, 1.807) is 11.3 Å². The number of rotatable bonds is 4. The molecular formula is C14H21NO2S. The van der Waals surface area contributed by atoms with Crippen molar-refractivity contribution in [2.75, 3.05) is 7.11 Å². The van der Waals surface area contributed by atoms with Crippen LogP contribution in [-0.4, -0.2) is 18.1 Å². The fourth-order valence-corrected chi connectivity index (χ4v) is 4.11. The fraction of sp³-hybridized carbons (Fsp3) is 0.714. The third kappa shape index (κ3) is 2.58. The second-order valence-electron chi connectivity index (χ2n) is 4.97. The van der Waals surface area contributed by atoms with E-state index in [4.69, 9.17) is 4.74 Å². The molecule has 0 amide bonds. The molecule has 1 heterocycles. The van der Waals surface area contributed by atoms with E-state index >= 15 is 0 Å². The number of esters is 1. The first kappa shape index (κ1) is 13.5. The van der Waals surface area contributed by atoms with Gasteiger partial charge in [0.05, 0.1) is 23.7 Å². The molecule has 4 heteroatoms. The monoisotopic (exact) mass is 267 g/mol. The number of hydrogen-bond acceptors (Lipinski definition) is 4. The maximum atomic E-state index is 11.8. The Labute approximate surface area is 113 Å². The van der Waals surface area contributed by atoms with Crippen molar-refractivity contribution in [3.8, 4) is 0 Å². The van der Waals surface area contributed by atoms with E-state index in [1.165, 1.54) is 37.8 Å². The van der Waals surface area contributed by atoms with Crippen molar-refractivity contribution in [2.24, 2.45) is 0 Å². The van der Waals surface area contributed by atoms with Crippen molar-refractivity contribution < 1.29 is 9.53 Å². The first-order valence-corrected chi connectivity index (χ1v) is 7.54. The van der Waals surface area contributed by atoms with Gasteiger partial charge in [-0.2, -0.15) is 0 Å². The second kappa shape index (κ2) is 5.83. The average Bonchev–Trinajstić information content (AvgIpc) is 3.00. The van der Waals surface area contributed by atoms with Gasteiger partial charge in [0.25, 0.3) is 0 Å². The summed E-state index contributed by atoms with van der Waals surface area (Å²) in [7, 11) is 1.46. The van der Waals surface area contributed by atoms with Gasteiger partial charge in [-0.15, -0.1) is 11.3 Å². The minimum Gasteiger partial charge on any atom is -0.469 e. The van der Waals surface area contributed by atoms with Crippen LogP contribution in [0.1, 0.15) is 66.4 Å². The lowest BCUT2D eigenvalue weighted by Crippen LogP contribution is -2.13. The number of methoxy groups -OCH3 is 1. The van der Waals surface area contributed by atoms with Crippen molar-refractivity contribution in [1.82, 2.24) is 4.98 Å². The predicted octanol–water partition coefficient (Wildman–Crippen LogP) is 3.78. The molecule has 0 spiro atoms. The molecule has 1 aliphatic carbocycles. The number of nitrogens with zero attached hydrogens (tertiary/aromatic N) is 1. The van der Waals surface area contributed by atoms with Gasteiger partial charge in [0.1, 0.15) is 0 Å². The van der Waals surface area contributed by atoms with E-state index in [-0.39, 0.29) is 11.9 Å². The summed E-state index contributed by atoms with van der Waals surface area (Å²) in [6.45, 7) is 4.03. The molecule has 2 rings (SSSR count). The van der Waals surface area contributed by atoms with Crippen molar-refractivity contribution in [2.45, 2.75) is 57.8 Å². The molecule has 1 aromatic heterocycles. The van der Waals surface area contributed by atoms with Gasteiger partial charge >= 0.3 is 5.97 Å². The van der Waals surface area contributed by atoms with Gasteiger partial charge in [0.2, 0.25) is 0 Å². The Morgan fingerprint density at radius 3 is 2.72 bits per heavy atom. The van der Waals surface area contributed by atoms with Crippen LogP contribution in [-0.2, 0) is 9.53 Å². The zero-order valence-electron chi connectivity index (χ0n) is 11.4. The molecule has 100 valence electrons. The van der Waals surface area contributed by atoms with E-state index in [0.717, 1.165) is 17.0 Å². The fourth-order valence-electron chi connectivity index (χ4n) is 2.70. The topological polar surface area (TPSA) is 39.2 Å². The summed E-state index contributed by atoms with van der Waals surface area (Å²) in [4.78, 5) is 17.6. The number of aromatic nitrogens is 1. The summed E-state index contributed by atoms with van der Waals surface area (Å²) in [6.07, 6.45) is 5.91. The van der Waals surface area contributed by atoms with Crippen LogP contribution >= 0.6 is 11.3 Å². The molecule has 3 nitrogen and oxygen atoms in total. The molecule has 1 unspecified atom stereocenters. The zero-order valence-corrected chi connectivity index (χ0v) is 12.2. The molecule has 0 radical (unpaired) electrons. The van der Waals surface area contributed by atoms with Crippen LogP contribution in [0.15, 0.2) is 0 Å².